The van der Waals surface area contributed by atoms with Crippen molar-refractivity contribution < 1.29 is 23.1 Å². The molecule has 0 aromatic carbocycles. The molecule has 2 aliphatic heterocycles. The summed E-state index contributed by atoms with van der Waals surface area (Å²) in [5.74, 6) is -3.51. The molecule has 13 nitrogen and oxygen atoms in total. The van der Waals surface area contributed by atoms with Crippen molar-refractivity contribution in [3.63, 3.8) is 0 Å². The second-order valence-corrected chi connectivity index (χ2v) is 15.8. The fraction of sp³-hybridized carbons (Fsp3) is 0.516. The van der Waals surface area contributed by atoms with Gasteiger partial charge in [-0.15, -0.1) is 11.3 Å². The largest absolute Gasteiger partial charge is 0.444 e. The third kappa shape index (κ3) is 6.24. The van der Waals surface area contributed by atoms with Crippen LogP contribution in [0, 0.1) is 22.7 Å². The Hall–Kier alpha value is -4.19. The van der Waals surface area contributed by atoms with Gasteiger partial charge in [-0.2, -0.15) is 15.6 Å². The number of amides is 2. The van der Waals surface area contributed by atoms with E-state index in [0.29, 0.717) is 35.9 Å². The van der Waals surface area contributed by atoms with Gasteiger partial charge in [-0.1, -0.05) is 23.4 Å². The lowest BCUT2D eigenvalue weighted by Gasteiger charge is -2.49. The van der Waals surface area contributed by atoms with Crippen molar-refractivity contribution in [2.45, 2.75) is 68.8 Å². The van der Waals surface area contributed by atoms with Gasteiger partial charge in [0.25, 0.3) is 11.8 Å². The summed E-state index contributed by atoms with van der Waals surface area (Å²) < 4.78 is 37.4. The van der Waals surface area contributed by atoms with E-state index in [4.69, 9.17) is 16.3 Å². The number of alkyl halides is 2. The number of nitriles is 2. The van der Waals surface area contributed by atoms with E-state index in [9.17, 15) is 20.1 Å². The normalized spacial score (nSPS) is 17.4. The average Bonchev–Trinajstić information content (AvgIpc) is 3.60. The van der Waals surface area contributed by atoms with E-state index < -0.39 is 42.0 Å². The number of hydrogen-bond donors (Lipinski definition) is 1. The number of rotatable bonds is 5. The maximum atomic E-state index is 15.5. The predicted octanol–water partition coefficient (Wildman–Crippen LogP) is 5.26. The van der Waals surface area contributed by atoms with Gasteiger partial charge in [-0.25, -0.2) is 23.5 Å². The number of nitrogens with zero attached hydrogens (tertiary/aromatic N) is 9. The highest BCUT2D eigenvalue weighted by molar-refractivity contribution is 7.98. The molecule has 0 radical (unpaired) electrons. The van der Waals surface area contributed by atoms with Crippen molar-refractivity contribution in [3.8, 4) is 12.1 Å². The van der Waals surface area contributed by atoms with E-state index in [-0.39, 0.29) is 39.5 Å². The highest BCUT2D eigenvalue weighted by Gasteiger charge is 2.53. The minimum atomic E-state index is -3.31. The molecule has 3 aliphatic rings. The molecule has 1 spiro atoms. The molecule has 18 heteroatoms. The van der Waals surface area contributed by atoms with Crippen LogP contribution in [-0.4, -0.2) is 88.2 Å². The average molecular weight is 731 g/mol. The van der Waals surface area contributed by atoms with Crippen LogP contribution in [0.25, 0.3) is 0 Å². The van der Waals surface area contributed by atoms with E-state index in [1.165, 1.54) is 47.0 Å². The molecule has 0 saturated carbocycles. The highest BCUT2D eigenvalue weighted by atomic mass is 35.5. The number of aryl methyl sites for hydroxylation is 1. The first-order chi connectivity index (χ1) is 23.0. The van der Waals surface area contributed by atoms with Crippen LogP contribution >= 0.6 is 34.7 Å². The van der Waals surface area contributed by atoms with Crippen molar-refractivity contribution in [2.24, 2.45) is 0 Å². The summed E-state index contributed by atoms with van der Waals surface area (Å²) in [5, 5.41) is 28.2. The summed E-state index contributed by atoms with van der Waals surface area (Å²) in [6, 6.07) is 4.44. The second kappa shape index (κ2) is 12.3. The molecular weight excluding hydrogens is 698 g/mol. The lowest BCUT2D eigenvalue weighted by molar-refractivity contribution is -0.00845. The number of aromatic nitrogens is 4. The van der Waals surface area contributed by atoms with Crippen LogP contribution in [0.4, 0.5) is 30.2 Å². The van der Waals surface area contributed by atoms with Crippen molar-refractivity contribution in [1.82, 2.24) is 24.6 Å². The zero-order chi connectivity index (χ0) is 35.6. The fourth-order valence-corrected chi connectivity index (χ4v) is 8.43. The van der Waals surface area contributed by atoms with Gasteiger partial charge in [0.15, 0.2) is 22.5 Å². The zero-order valence-corrected chi connectivity index (χ0v) is 30.0. The molecule has 1 aliphatic carbocycles. The number of fused-ring (bicyclic) bond motifs is 3. The number of carbonyl (C=O) groups excluding carboxylic acids is 2. The quantitative estimate of drug-likeness (QED) is 0.270. The molecule has 49 heavy (non-hydrogen) atoms. The Morgan fingerprint density at radius 1 is 1.08 bits per heavy atom. The van der Waals surface area contributed by atoms with Crippen LogP contribution in [0.15, 0.2) is 5.16 Å². The Balaban J connectivity index is 1.33. The molecule has 2 amide bonds. The van der Waals surface area contributed by atoms with Gasteiger partial charge in [0, 0.05) is 37.5 Å². The first-order valence-corrected chi connectivity index (χ1v) is 17.7. The smallest absolute Gasteiger partial charge is 0.412 e. The molecule has 1 N–H and O–H groups in total. The summed E-state index contributed by atoms with van der Waals surface area (Å²) in [5.41, 5.74) is 0.229. The minimum absolute atomic E-state index is 0.0212. The summed E-state index contributed by atoms with van der Waals surface area (Å²) in [6.07, 6.45) is 2.58. The van der Waals surface area contributed by atoms with E-state index in [2.05, 4.69) is 32.5 Å². The third-order valence-electron chi connectivity index (χ3n) is 8.55. The van der Waals surface area contributed by atoms with Gasteiger partial charge >= 0.3 is 6.09 Å². The fourth-order valence-electron chi connectivity index (χ4n) is 6.54. The number of halogens is 3. The lowest BCUT2D eigenvalue weighted by Crippen LogP contribution is -2.59. The first-order valence-electron chi connectivity index (χ1n) is 15.3. The predicted molar refractivity (Wildman–Crippen MR) is 181 cm³/mol. The molecule has 1 saturated heterocycles. The van der Waals surface area contributed by atoms with Gasteiger partial charge in [0.05, 0.1) is 29.4 Å². The Bertz CT molecular complexity index is 1950. The van der Waals surface area contributed by atoms with E-state index in [1.54, 1.807) is 27.0 Å². The molecule has 3 aromatic heterocycles. The standard InChI is InChI=1S/C31H33ClF2N10O3S2/c1-29(2,3)47-28(46)39-25-16(9-35)20-19(49-25)7-8-30(20)12-43(13-30)24-17(10-36)23(37-27(38-24)48-6)42-11-18-21(32)22(26(45)41(4)5)40-44(18)15-31(33,34)14-42/h7-8,11-15H2,1-6H3,(H,39,46). The maximum absolute atomic E-state index is 15.5. The molecule has 6 rings (SSSR count). The number of hydrogen-bond acceptors (Lipinski definition) is 12. The summed E-state index contributed by atoms with van der Waals surface area (Å²) in [7, 11) is 3.03. The number of anilines is 3. The molecule has 258 valence electrons. The van der Waals surface area contributed by atoms with Crippen molar-refractivity contribution in [2.75, 3.05) is 55.1 Å². The summed E-state index contributed by atoms with van der Waals surface area (Å²) >= 11 is 9.14. The molecule has 0 atom stereocenters. The van der Waals surface area contributed by atoms with Crippen molar-refractivity contribution >= 4 is 63.3 Å². The van der Waals surface area contributed by atoms with Gasteiger partial charge in [0.1, 0.15) is 34.8 Å². The highest BCUT2D eigenvalue weighted by Crippen LogP contribution is 2.53. The summed E-state index contributed by atoms with van der Waals surface area (Å²) in [6.45, 7) is 4.35. The number of ether oxygens (including phenoxy) is 1. The van der Waals surface area contributed by atoms with Crippen LogP contribution in [0.2, 0.25) is 5.02 Å². The molecule has 1 fully saturated rings. The SMILES string of the molecule is CSc1nc(N2Cc3c(Cl)c(C(=O)N(C)C)nn3CC(F)(F)C2)c(C#N)c(N2CC3(CCc4sc(NC(=O)OC(C)(C)C)c(C#N)c43)C2)n1. The Labute approximate surface area is 294 Å². The number of carbonyl (C=O) groups is 2. The van der Waals surface area contributed by atoms with E-state index in [0.717, 1.165) is 21.5 Å². The lowest BCUT2D eigenvalue weighted by atomic mass is 9.74. The number of thiophene rings is 1. The first kappa shape index (κ1) is 34.7. The monoisotopic (exact) mass is 730 g/mol. The maximum Gasteiger partial charge on any atom is 0.412 e. The Kier molecular flexibility index (Phi) is 8.70. The molecule has 0 bridgehead atoms. The van der Waals surface area contributed by atoms with Gasteiger partial charge < -0.3 is 19.4 Å². The summed E-state index contributed by atoms with van der Waals surface area (Å²) in [4.78, 5) is 39.9. The van der Waals surface area contributed by atoms with Crippen molar-refractivity contribution in [1.29, 1.82) is 10.5 Å². The van der Waals surface area contributed by atoms with Crippen LogP contribution in [0.1, 0.15) is 64.9 Å². The Morgan fingerprint density at radius 2 is 1.73 bits per heavy atom. The molecule has 5 heterocycles. The van der Waals surface area contributed by atoms with Gasteiger partial charge in [-0.05, 0) is 45.4 Å². The second-order valence-electron chi connectivity index (χ2n) is 13.5. The van der Waals surface area contributed by atoms with Crippen LogP contribution in [0.5, 0.6) is 0 Å². The van der Waals surface area contributed by atoms with E-state index in [1.807, 2.05) is 4.90 Å². The number of nitrogens with one attached hydrogen (secondary N) is 1. The molecule has 0 unspecified atom stereocenters. The molecule has 3 aromatic rings. The minimum Gasteiger partial charge on any atom is -0.444 e. The molecular formula is C31H33ClF2N10O3S2. The van der Waals surface area contributed by atoms with Gasteiger partial charge in [-0.3, -0.25) is 14.8 Å². The third-order valence-corrected chi connectivity index (χ3v) is 10.7. The van der Waals surface area contributed by atoms with Crippen molar-refractivity contribution in [3.05, 3.63) is 38.0 Å². The van der Waals surface area contributed by atoms with Crippen LogP contribution in [-0.2, 0) is 29.7 Å². The van der Waals surface area contributed by atoms with E-state index >= 15 is 8.78 Å². The topological polar surface area (TPSA) is 156 Å². The van der Waals surface area contributed by atoms with Crippen LogP contribution < -0.4 is 15.1 Å². The zero-order valence-electron chi connectivity index (χ0n) is 27.6. The van der Waals surface area contributed by atoms with Crippen LogP contribution in [0.3, 0.4) is 0 Å². The number of thioether (sulfide) groups is 1. The van der Waals surface area contributed by atoms with Gasteiger partial charge in [0.2, 0.25) is 0 Å². The Morgan fingerprint density at radius 3 is 2.33 bits per heavy atom.